The molecule has 0 spiro atoms. The Morgan fingerprint density at radius 2 is 2.10 bits per heavy atom. The lowest BCUT2D eigenvalue weighted by atomic mass is 10.2. The van der Waals surface area contributed by atoms with Gasteiger partial charge in [0, 0.05) is 23.2 Å². The quantitative estimate of drug-likeness (QED) is 0.618. The number of non-ortho nitro benzene ring substituents is 1. The Hall–Kier alpha value is -2.37. The Morgan fingerprint density at radius 1 is 1.33 bits per heavy atom. The fourth-order valence-electron chi connectivity index (χ4n) is 2.31. The van der Waals surface area contributed by atoms with Crippen LogP contribution in [0.4, 0.5) is 10.5 Å². The second-order valence-electron chi connectivity index (χ2n) is 4.77. The van der Waals surface area contributed by atoms with Gasteiger partial charge in [0.25, 0.3) is 5.69 Å². The van der Waals surface area contributed by atoms with Crippen LogP contribution in [0.2, 0.25) is 0 Å². The number of benzene rings is 1. The molecule has 0 fully saturated rings. The molecule has 0 saturated carbocycles. The van der Waals surface area contributed by atoms with Crippen LogP contribution in [0.3, 0.4) is 0 Å². The molecule has 6 nitrogen and oxygen atoms in total. The highest BCUT2D eigenvalue weighted by molar-refractivity contribution is 5.92. The van der Waals surface area contributed by atoms with Crippen LogP contribution in [0, 0.1) is 10.1 Å². The van der Waals surface area contributed by atoms with E-state index in [1.165, 1.54) is 16.7 Å². The molecule has 0 aliphatic rings. The number of unbranched alkanes of at least 4 members (excludes halogenated alkanes) is 1. The average Bonchev–Trinajstić information content (AvgIpc) is 2.82. The zero-order chi connectivity index (χ0) is 15.4. The third-order valence-corrected chi connectivity index (χ3v) is 3.31. The van der Waals surface area contributed by atoms with Gasteiger partial charge in [0.05, 0.1) is 17.0 Å². The first kappa shape index (κ1) is 15.0. The molecule has 2 aromatic rings. The van der Waals surface area contributed by atoms with Crippen molar-refractivity contribution in [3.8, 4) is 0 Å². The zero-order valence-corrected chi connectivity index (χ0v) is 12.2. The van der Waals surface area contributed by atoms with E-state index in [9.17, 15) is 14.9 Å². The van der Waals surface area contributed by atoms with E-state index in [1.54, 1.807) is 13.0 Å². The number of nitrogens with zero attached hydrogens (tertiary/aromatic N) is 2. The van der Waals surface area contributed by atoms with Crippen molar-refractivity contribution < 1.29 is 14.5 Å². The highest BCUT2D eigenvalue weighted by Crippen LogP contribution is 2.26. The van der Waals surface area contributed by atoms with Crippen LogP contribution in [0.25, 0.3) is 10.9 Å². The number of hydrogen-bond acceptors (Lipinski definition) is 4. The van der Waals surface area contributed by atoms with Crippen LogP contribution in [0.5, 0.6) is 0 Å². The summed E-state index contributed by atoms with van der Waals surface area (Å²) in [5.41, 5.74) is 1.31. The van der Waals surface area contributed by atoms with E-state index >= 15 is 0 Å². The maximum Gasteiger partial charge on any atom is 0.418 e. The van der Waals surface area contributed by atoms with Gasteiger partial charge in [-0.2, -0.15) is 0 Å². The Morgan fingerprint density at radius 3 is 2.71 bits per heavy atom. The topological polar surface area (TPSA) is 74.4 Å². The van der Waals surface area contributed by atoms with Crippen LogP contribution >= 0.6 is 0 Å². The van der Waals surface area contributed by atoms with E-state index in [0.717, 1.165) is 30.3 Å². The predicted octanol–water partition coefficient (Wildman–Crippen LogP) is 3.90. The molecule has 0 bridgehead atoms. The number of fused-ring (bicyclic) bond motifs is 1. The van der Waals surface area contributed by atoms with Crippen molar-refractivity contribution in [2.45, 2.75) is 33.1 Å². The number of nitro benzene ring substituents is 1. The highest BCUT2D eigenvalue weighted by atomic mass is 16.6. The molecule has 21 heavy (non-hydrogen) atoms. The lowest BCUT2D eigenvalue weighted by Crippen LogP contribution is -2.16. The van der Waals surface area contributed by atoms with Gasteiger partial charge in [-0.1, -0.05) is 13.3 Å². The minimum absolute atomic E-state index is 0.0341. The summed E-state index contributed by atoms with van der Waals surface area (Å²) in [6.07, 6.45) is 2.19. The van der Waals surface area contributed by atoms with Gasteiger partial charge in [0.15, 0.2) is 0 Å². The van der Waals surface area contributed by atoms with Gasteiger partial charge in [-0.3, -0.25) is 10.1 Å². The Kier molecular flexibility index (Phi) is 4.57. The molecule has 0 aliphatic heterocycles. The lowest BCUT2D eigenvalue weighted by Gasteiger charge is -2.08. The van der Waals surface area contributed by atoms with E-state index in [-0.39, 0.29) is 12.3 Å². The van der Waals surface area contributed by atoms with Crippen LogP contribution in [-0.2, 0) is 11.2 Å². The number of carbonyl (C=O) groups excluding carboxylic acids is 1. The highest BCUT2D eigenvalue weighted by Gasteiger charge is 2.18. The number of nitro groups is 1. The van der Waals surface area contributed by atoms with Crippen LogP contribution < -0.4 is 0 Å². The van der Waals surface area contributed by atoms with Gasteiger partial charge in [0.2, 0.25) is 0 Å². The summed E-state index contributed by atoms with van der Waals surface area (Å²) < 4.78 is 6.52. The first-order chi connectivity index (χ1) is 10.1. The van der Waals surface area contributed by atoms with Gasteiger partial charge in [0.1, 0.15) is 0 Å². The number of rotatable bonds is 5. The molecule has 0 N–H and O–H groups in total. The molecule has 6 heteroatoms. The van der Waals surface area contributed by atoms with Gasteiger partial charge < -0.3 is 4.74 Å². The smallest absolute Gasteiger partial charge is 0.418 e. The first-order valence-electron chi connectivity index (χ1n) is 7.04. The molecule has 0 unspecified atom stereocenters. The number of aromatic nitrogens is 1. The fraction of sp³-hybridized carbons (Fsp3) is 0.400. The first-order valence-corrected chi connectivity index (χ1v) is 7.04. The molecule has 112 valence electrons. The van der Waals surface area contributed by atoms with E-state index in [4.69, 9.17) is 4.74 Å². The molecule has 1 aromatic carbocycles. The molecular formula is C15H18N2O4. The summed E-state index contributed by atoms with van der Waals surface area (Å²) >= 11 is 0. The Labute approximate surface area is 122 Å². The van der Waals surface area contributed by atoms with E-state index < -0.39 is 11.0 Å². The molecule has 0 saturated heterocycles. The zero-order valence-electron chi connectivity index (χ0n) is 12.2. The summed E-state index contributed by atoms with van der Waals surface area (Å²) in [6, 6.07) is 6.42. The minimum Gasteiger partial charge on any atom is -0.449 e. The standard InChI is InChI=1S/C15H18N2O4/c1-3-5-6-12-9-11-7-8-13(17(19)20)10-14(11)16(12)15(18)21-4-2/h7-10H,3-6H2,1-2H3. The maximum absolute atomic E-state index is 12.2. The second-order valence-corrected chi connectivity index (χ2v) is 4.77. The molecule has 1 aromatic heterocycles. The number of aryl methyl sites for hydroxylation is 1. The third kappa shape index (κ3) is 3.04. The molecule has 0 aliphatic carbocycles. The summed E-state index contributed by atoms with van der Waals surface area (Å²) in [6.45, 7) is 4.07. The average molecular weight is 290 g/mol. The number of ether oxygens (including phenoxy) is 1. The number of hydrogen-bond donors (Lipinski definition) is 0. The van der Waals surface area contributed by atoms with Crippen LogP contribution in [0.1, 0.15) is 32.4 Å². The summed E-state index contributed by atoms with van der Waals surface area (Å²) in [5.74, 6) is 0. The number of carbonyl (C=O) groups is 1. The van der Waals surface area contributed by atoms with Gasteiger partial charge in [-0.25, -0.2) is 9.36 Å². The van der Waals surface area contributed by atoms with Crippen molar-refractivity contribution in [1.29, 1.82) is 0 Å². The van der Waals surface area contributed by atoms with E-state index in [2.05, 4.69) is 6.92 Å². The van der Waals surface area contributed by atoms with Crippen molar-refractivity contribution >= 4 is 22.7 Å². The van der Waals surface area contributed by atoms with Crippen molar-refractivity contribution in [3.05, 3.63) is 40.1 Å². The Balaban J connectivity index is 2.58. The molecule has 2 rings (SSSR count). The minimum atomic E-state index is -0.487. The molecular weight excluding hydrogens is 272 g/mol. The fourth-order valence-corrected chi connectivity index (χ4v) is 2.31. The SMILES string of the molecule is CCCCc1cc2ccc([N+](=O)[O-])cc2n1C(=O)OCC. The van der Waals surface area contributed by atoms with E-state index in [1.807, 2.05) is 6.07 Å². The predicted molar refractivity (Wildman–Crippen MR) is 79.6 cm³/mol. The van der Waals surface area contributed by atoms with E-state index in [0.29, 0.717) is 5.52 Å². The third-order valence-electron chi connectivity index (χ3n) is 3.31. The van der Waals surface area contributed by atoms with Crippen LogP contribution in [0.15, 0.2) is 24.3 Å². The Bertz CT molecular complexity index is 676. The van der Waals surface area contributed by atoms with Gasteiger partial charge in [-0.15, -0.1) is 0 Å². The van der Waals surface area contributed by atoms with Crippen molar-refractivity contribution in [3.63, 3.8) is 0 Å². The molecule has 1 heterocycles. The summed E-state index contributed by atoms with van der Waals surface area (Å²) in [4.78, 5) is 22.6. The summed E-state index contributed by atoms with van der Waals surface area (Å²) in [7, 11) is 0. The van der Waals surface area contributed by atoms with Gasteiger partial charge >= 0.3 is 6.09 Å². The second kappa shape index (κ2) is 6.39. The summed E-state index contributed by atoms with van der Waals surface area (Å²) in [5, 5.41) is 11.7. The van der Waals surface area contributed by atoms with Crippen molar-refractivity contribution in [1.82, 2.24) is 4.57 Å². The molecule has 0 atom stereocenters. The van der Waals surface area contributed by atoms with Crippen LogP contribution in [-0.4, -0.2) is 22.2 Å². The van der Waals surface area contributed by atoms with Crippen molar-refractivity contribution in [2.24, 2.45) is 0 Å². The lowest BCUT2D eigenvalue weighted by molar-refractivity contribution is -0.384. The normalized spacial score (nSPS) is 10.8. The van der Waals surface area contributed by atoms with Crippen molar-refractivity contribution in [2.75, 3.05) is 6.61 Å². The molecule has 0 radical (unpaired) electrons. The van der Waals surface area contributed by atoms with Gasteiger partial charge in [-0.05, 0) is 31.9 Å². The molecule has 0 amide bonds. The monoisotopic (exact) mass is 290 g/mol. The maximum atomic E-state index is 12.2. The largest absolute Gasteiger partial charge is 0.449 e.